The molecule has 1 aliphatic heterocycles. The van der Waals surface area contributed by atoms with E-state index in [0.717, 1.165) is 19.6 Å². The van der Waals surface area contributed by atoms with E-state index in [2.05, 4.69) is 27.5 Å². The molecule has 5 heteroatoms. The molecule has 1 aromatic rings. The summed E-state index contributed by atoms with van der Waals surface area (Å²) < 4.78 is 0. The first-order chi connectivity index (χ1) is 7.68. The molecule has 2 heterocycles. The number of aromatic nitrogens is 2. The Kier molecular flexibility index (Phi) is 3.61. The highest BCUT2D eigenvalue weighted by atomic mass is 35.5. The fraction of sp³-hybridized carbons (Fsp3) is 0.636. The molecule has 0 amide bonds. The van der Waals surface area contributed by atoms with Gasteiger partial charge >= 0.3 is 0 Å². The van der Waals surface area contributed by atoms with Crippen LogP contribution in [0, 0.1) is 5.41 Å². The molecule has 1 aromatic heterocycles. The molecule has 4 nitrogen and oxygen atoms in total. The minimum atomic E-state index is 0.342. The summed E-state index contributed by atoms with van der Waals surface area (Å²) in [6.07, 6.45) is 5.60. The average molecular weight is 241 g/mol. The second-order valence-electron chi connectivity index (χ2n) is 4.64. The number of hydrogen-bond acceptors (Lipinski definition) is 4. The fourth-order valence-electron chi connectivity index (χ4n) is 1.90. The quantitative estimate of drug-likeness (QED) is 0.848. The minimum Gasteiger partial charge on any atom is -0.354 e. The molecule has 0 saturated carbocycles. The fourth-order valence-corrected chi connectivity index (χ4v) is 2.00. The molecule has 0 bridgehead atoms. The predicted molar refractivity (Wildman–Crippen MR) is 65.7 cm³/mol. The van der Waals surface area contributed by atoms with E-state index in [4.69, 9.17) is 11.6 Å². The first-order valence-corrected chi connectivity index (χ1v) is 5.98. The van der Waals surface area contributed by atoms with E-state index >= 15 is 0 Å². The van der Waals surface area contributed by atoms with Gasteiger partial charge in [-0.2, -0.15) is 0 Å². The van der Waals surface area contributed by atoms with Crippen LogP contribution in [0.25, 0.3) is 0 Å². The van der Waals surface area contributed by atoms with Gasteiger partial charge in [0.1, 0.15) is 0 Å². The molecule has 1 fully saturated rings. The molecule has 0 atom stereocenters. The molecule has 0 aliphatic carbocycles. The molecule has 2 N–H and O–H groups in total. The Morgan fingerprint density at radius 1 is 1.38 bits per heavy atom. The Hall–Kier alpha value is -0.870. The van der Waals surface area contributed by atoms with Crippen molar-refractivity contribution < 1.29 is 0 Å². The lowest BCUT2D eigenvalue weighted by atomic mass is 9.81. The number of nitrogens with one attached hydrogen (secondary N) is 2. The topological polar surface area (TPSA) is 49.8 Å². The molecule has 0 aromatic carbocycles. The van der Waals surface area contributed by atoms with Gasteiger partial charge in [-0.1, -0.05) is 18.5 Å². The van der Waals surface area contributed by atoms with Crippen molar-refractivity contribution in [1.82, 2.24) is 15.3 Å². The molecule has 0 unspecified atom stereocenters. The van der Waals surface area contributed by atoms with Crippen LogP contribution < -0.4 is 10.6 Å². The Labute approximate surface area is 101 Å². The maximum absolute atomic E-state index is 5.73. The van der Waals surface area contributed by atoms with Crippen molar-refractivity contribution in [2.24, 2.45) is 5.41 Å². The Morgan fingerprint density at radius 2 is 2.00 bits per heavy atom. The van der Waals surface area contributed by atoms with Gasteiger partial charge in [-0.3, -0.25) is 0 Å². The zero-order valence-corrected chi connectivity index (χ0v) is 10.2. The average Bonchev–Trinajstić information content (AvgIpc) is 2.29. The summed E-state index contributed by atoms with van der Waals surface area (Å²) >= 11 is 5.73. The number of halogens is 1. The lowest BCUT2D eigenvalue weighted by molar-refractivity contribution is 0.247. The van der Waals surface area contributed by atoms with Crippen molar-refractivity contribution >= 4 is 17.5 Å². The van der Waals surface area contributed by atoms with E-state index in [9.17, 15) is 0 Å². The summed E-state index contributed by atoms with van der Waals surface area (Å²) in [5, 5.41) is 7.21. The van der Waals surface area contributed by atoms with Gasteiger partial charge in [0, 0.05) is 6.54 Å². The van der Waals surface area contributed by atoms with Crippen molar-refractivity contribution in [3.8, 4) is 0 Å². The lowest BCUT2D eigenvalue weighted by Gasteiger charge is -2.34. The standard InChI is InChI=1S/C11H17ClN4/c1-11(2-4-13-5-3-11)8-16-10-14-6-9(12)7-15-10/h6-7,13H,2-5,8H2,1H3,(H,14,15,16). The van der Waals surface area contributed by atoms with Crippen LogP contribution in [0.2, 0.25) is 5.02 Å². The SMILES string of the molecule is CC1(CNc2ncc(Cl)cn2)CCNCC1. The molecular weight excluding hydrogens is 224 g/mol. The molecule has 1 aliphatic rings. The molecular formula is C11H17ClN4. The highest BCUT2D eigenvalue weighted by Gasteiger charge is 2.26. The van der Waals surface area contributed by atoms with Gasteiger partial charge < -0.3 is 10.6 Å². The van der Waals surface area contributed by atoms with Crippen molar-refractivity contribution in [3.05, 3.63) is 17.4 Å². The number of anilines is 1. The Bertz CT molecular complexity index is 332. The highest BCUT2D eigenvalue weighted by Crippen LogP contribution is 2.27. The summed E-state index contributed by atoms with van der Waals surface area (Å²) in [6.45, 7) is 5.41. The van der Waals surface area contributed by atoms with Gasteiger partial charge in [-0.05, 0) is 31.3 Å². The third-order valence-electron chi connectivity index (χ3n) is 3.10. The third kappa shape index (κ3) is 3.06. The maximum Gasteiger partial charge on any atom is 0.222 e. The summed E-state index contributed by atoms with van der Waals surface area (Å²) in [4.78, 5) is 8.25. The monoisotopic (exact) mass is 240 g/mol. The number of rotatable bonds is 3. The molecule has 2 rings (SSSR count). The van der Waals surface area contributed by atoms with Gasteiger partial charge in [0.25, 0.3) is 0 Å². The predicted octanol–water partition coefficient (Wildman–Crippen LogP) is 1.93. The summed E-state index contributed by atoms with van der Waals surface area (Å²) in [5.41, 5.74) is 0.342. The number of hydrogen-bond donors (Lipinski definition) is 2. The maximum atomic E-state index is 5.73. The van der Waals surface area contributed by atoms with Crippen LogP contribution in [0.15, 0.2) is 12.4 Å². The zero-order chi connectivity index (χ0) is 11.4. The van der Waals surface area contributed by atoms with Crippen molar-refractivity contribution in [1.29, 1.82) is 0 Å². The van der Waals surface area contributed by atoms with E-state index in [1.54, 1.807) is 12.4 Å². The zero-order valence-electron chi connectivity index (χ0n) is 9.46. The van der Waals surface area contributed by atoms with E-state index in [0.29, 0.717) is 16.4 Å². The number of nitrogens with zero attached hydrogens (tertiary/aromatic N) is 2. The molecule has 1 saturated heterocycles. The van der Waals surface area contributed by atoms with Crippen LogP contribution in [-0.2, 0) is 0 Å². The van der Waals surface area contributed by atoms with Gasteiger partial charge in [0.2, 0.25) is 5.95 Å². The van der Waals surface area contributed by atoms with Crippen LogP contribution in [-0.4, -0.2) is 29.6 Å². The largest absolute Gasteiger partial charge is 0.354 e. The normalized spacial score (nSPS) is 19.4. The van der Waals surface area contributed by atoms with Gasteiger partial charge in [0.15, 0.2) is 0 Å². The van der Waals surface area contributed by atoms with Crippen LogP contribution >= 0.6 is 11.6 Å². The molecule has 0 radical (unpaired) electrons. The van der Waals surface area contributed by atoms with Gasteiger partial charge in [-0.25, -0.2) is 9.97 Å². The van der Waals surface area contributed by atoms with Gasteiger partial charge in [-0.15, -0.1) is 0 Å². The highest BCUT2D eigenvalue weighted by molar-refractivity contribution is 6.30. The first-order valence-electron chi connectivity index (χ1n) is 5.60. The van der Waals surface area contributed by atoms with Crippen molar-refractivity contribution in [2.45, 2.75) is 19.8 Å². The van der Waals surface area contributed by atoms with Crippen molar-refractivity contribution in [2.75, 3.05) is 25.0 Å². The van der Waals surface area contributed by atoms with Crippen LogP contribution in [0.1, 0.15) is 19.8 Å². The Balaban J connectivity index is 1.88. The minimum absolute atomic E-state index is 0.342. The first kappa shape index (κ1) is 11.6. The van der Waals surface area contributed by atoms with E-state index in [1.807, 2.05) is 0 Å². The molecule has 16 heavy (non-hydrogen) atoms. The molecule has 0 spiro atoms. The van der Waals surface area contributed by atoms with E-state index in [1.165, 1.54) is 12.8 Å². The van der Waals surface area contributed by atoms with Crippen molar-refractivity contribution in [3.63, 3.8) is 0 Å². The van der Waals surface area contributed by atoms with E-state index < -0.39 is 0 Å². The second-order valence-corrected chi connectivity index (χ2v) is 5.08. The van der Waals surface area contributed by atoms with Crippen LogP contribution in [0.4, 0.5) is 5.95 Å². The van der Waals surface area contributed by atoms with Crippen LogP contribution in [0.5, 0.6) is 0 Å². The lowest BCUT2D eigenvalue weighted by Crippen LogP contribution is -2.39. The summed E-state index contributed by atoms with van der Waals surface area (Å²) in [5.74, 6) is 0.657. The Morgan fingerprint density at radius 3 is 2.62 bits per heavy atom. The molecule has 88 valence electrons. The summed E-state index contributed by atoms with van der Waals surface area (Å²) in [6, 6.07) is 0. The van der Waals surface area contributed by atoms with E-state index in [-0.39, 0.29) is 0 Å². The van der Waals surface area contributed by atoms with Gasteiger partial charge in [0.05, 0.1) is 17.4 Å². The number of piperidine rings is 1. The smallest absolute Gasteiger partial charge is 0.222 e. The third-order valence-corrected chi connectivity index (χ3v) is 3.30. The summed E-state index contributed by atoms with van der Waals surface area (Å²) in [7, 11) is 0. The van der Waals surface area contributed by atoms with Crippen LogP contribution in [0.3, 0.4) is 0 Å². The second kappa shape index (κ2) is 4.97.